The van der Waals surface area contributed by atoms with Crippen molar-refractivity contribution in [1.29, 1.82) is 0 Å². The molecule has 0 fully saturated rings. The fraction of sp³-hybridized carbons (Fsp3) is 0.231. The van der Waals surface area contributed by atoms with Crippen LogP contribution in [-0.2, 0) is 10.0 Å². The predicted octanol–water partition coefficient (Wildman–Crippen LogP) is 1.27. The zero-order valence-electron chi connectivity index (χ0n) is 11.7. The van der Waals surface area contributed by atoms with Gasteiger partial charge < -0.3 is 9.84 Å². The summed E-state index contributed by atoms with van der Waals surface area (Å²) in [5.74, 6) is -0.295. The Morgan fingerprint density at radius 1 is 1.32 bits per heavy atom. The molecule has 0 saturated heterocycles. The molecule has 9 heteroatoms. The molecule has 118 valence electrons. The first-order valence-corrected chi connectivity index (χ1v) is 8.36. The molecule has 1 amide bonds. The second-order valence-corrected chi connectivity index (χ2v) is 6.84. The molecule has 0 bridgehead atoms. The summed E-state index contributed by atoms with van der Waals surface area (Å²) in [7, 11) is -2.05. The zero-order valence-corrected chi connectivity index (χ0v) is 13.2. The normalized spacial score (nSPS) is 11.4. The van der Waals surface area contributed by atoms with Gasteiger partial charge in [0, 0.05) is 23.2 Å². The number of hydrogen-bond acceptors (Lipinski definition) is 5. The molecule has 0 unspecified atom stereocenters. The van der Waals surface area contributed by atoms with Crippen molar-refractivity contribution < 1.29 is 17.7 Å². The number of carbonyl (C=O) groups excluding carboxylic acids is 1. The molecule has 0 aliphatic rings. The Labute approximate surface area is 132 Å². The van der Waals surface area contributed by atoms with E-state index in [0.717, 1.165) is 5.56 Å². The van der Waals surface area contributed by atoms with Gasteiger partial charge in [-0.3, -0.25) is 4.79 Å². The average molecular weight is 344 g/mol. The second-order valence-electron chi connectivity index (χ2n) is 4.36. The van der Waals surface area contributed by atoms with E-state index in [-0.39, 0.29) is 18.0 Å². The summed E-state index contributed by atoms with van der Waals surface area (Å²) in [5, 5.41) is 6.72. The number of halogens is 1. The third-order valence-electron chi connectivity index (χ3n) is 2.84. The summed E-state index contributed by atoms with van der Waals surface area (Å²) in [4.78, 5) is 11.8. The second kappa shape index (κ2) is 6.91. The van der Waals surface area contributed by atoms with Crippen LogP contribution >= 0.6 is 11.6 Å². The molecule has 0 spiro atoms. The number of nitrogens with one attached hydrogen (secondary N) is 2. The molecule has 0 atom stereocenters. The number of nitrogens with zero attached hydrogens (tertiary/aromatic N) is 1. The van der Waals surface area contributed by atoms with Crippen LogP contribution in [-0.4, -0.2) is 38.8 Å². The SMILES string of the molecule is CNS(=O)(=O)CCNC(=O)c1cc(-c2ccc(Cl)cc2)on1. The van der Waals surface area contributed by atoms with Crippen LogP contribution in [0.15, 0.2) is 34.9 Å². The van der Waals surface area contributed by atoms with E-state index in [0.29, 0.717) is 10.8 Å². The smallest absolute Gasteiger partial charge is 0.273 e. The number of aromatic nitrogens is 1. The standard InChI is InChI=1S/C13H14ClN3O4S/c1-15-22(19,20)7-6-16-13(18)11-8-12(21-17-11)9-2-4-10(14)5-3-9/h2-5,8,15H,6-7H2,1H3,(H,16,18). The average Bonchev–Trinajstić information content (AvgIpc) is 2.97. The third kappa shape index (κ3) is 4.30. The molecule has 22 heavy (non-hydrogen) atoms. The number of amides is 1. The highest BCUT2D eigenvalue weighted by Crippen LogP contribution is 2.22. The van der Waals surface area contributed by atoms with Gasteiger partial charge in [-0.15, -0.1) is 0 Å². The molecular weight excluding hydrogens is 330 g/mol. The Morgan fingerprint density at radius 2 is 2.00 bits per heavy atom. The van der Waals surface area contributed by atoms with Gasteiger partial charge >= 0.3 is 0 Å². The highest BCUT2D eigenvalue weighted by Gasteiger charge is 2.14. The number of benzene rings is 1. The van der Waals surface area contributed by atoms with Crippen molar-refractivity contribution in [3.63, 3.8) is 0 Å². The Kier molecular flexibility index (Phi) is 5.17. The molecule has 2 rings (SSSR count). The maximum Gasteiger partial charge on any atom is 0.273 e. The number of carbonyl (C=O) groups is 1. The lowest BCUT2D eigenvalue weighted by Gasteiger charge is -2.03. The van der Waals surface area contributed by atoms with Crippen LogP contribution in [0.5, 0.6) is 0 Å². The Bertz CT molecular complexity index is 756. The molecular formula is C13H14ClN3O4S. The molecule has 0 radical (unpaired) electrons. The highest BCUT2D eigenvalue weighted by atomic mass is 35.5. The van der Waals surface area contributed by atoms with Crippen LogP contribution in [0.25, 0.3) is 11.3 Å². The lowest BCUT2D eigenvalue weighted by molar-refractivity contribution is 0.0947. The summed E-state index contributed by atoms with van der Waals surface area (Å²) in [5.41, 5.74) is 0.806. The van der Waals surface area contributed by atoms with Crippen molar-refractivity contribution in [2.45, 2.75) is 0 Å². The van der Waals surface area contributed by atoms with E-state index in [2.05, 4.69) is 15.2 Å². The maximum absolute atomic E-state index is 11.8. The van der Waals surface area contributed by atoms with E-state index in [1.807, 2.05) is 0 Å². The van der Waals surface area contributed by atoms with Crippen LogP contribution in [0.1, 0.15) is 10.5 Å². The fourth-order valence-electron chi connectivity index (χ4n) is 1.62. The lowest BCUT2D eigenvalue weighted by Crippen LogP contribution is -2.33. The molecule has 2 aromatic rings. The topological polar surface area (TPSA) is 101 Å². The van der Waals surface area contributed by atoms with Gasteiger partial charge in [-0.1, -0.05) is 16.8 Å². The Balaban J connectivity index is 1.99. The van der Waals surface area contributed by atoms with Gasteiger partial charge in [-0.05, 0) is 31.3 Å². The lowest BCUT2D eigenvalue weighted by atomic mass is 10.1. The molecule has 7 nitrogen and oxygen atoms in total. The highest BCUT2D eigenvalue weighted by molar-refractivity contribution is 7.89. The predicted molar refractivity (Wildman–Crippen MR) is 82.1 cm³/mol. The van der Waals surface area contributed by atoms with Gasteiger partial charge in [-0.25, -0.2) is 13.1 Å². The van der Waals surface area contributed by atoms with E-state index in [9.17, 15) is 13.2 Å². The van der Waals surface area contributed by atoms with E-state index in [1.165, 1.54) is 13.1 Å². The molecule has 0 aliphatic carbocycles. The van der Waals surface area contributed by atoms with Crippen molar-refractivity contribution in [2.24, 2.45) is 0 Å². The van der Waals surface area contributed by atoms with E-state index in [4.69, 9.17) is 16.1 Å². The van der Waals surface area contributed by atoms with Gasteiger partial charge in [0.2, 0.25) is 10.0 Å². The van der Waals surface area contributed by atoms with E-state index < -0.39 is 15.9 Å². The molecule has 2 N–H and O–H groups in total. The molecule has 1 aromatic carbocycles. The fourth-order valence-corrected chi connectivity index (χ4v) is 2.32. The van der Waals surface area contributed by atoms with E-state index >= 15 is 0 Å². The maximum atomic E-state index is 11.8. The summed E-state index contributed by atoms with van der Waals surface area (Å²) < 4.78 is 29.7. The minimum absolute atomic E-state index is 0.0227. The van der Waals surface area contributed by atoms with Crippen molar-refractivity contribution in [2.75, 3.05) is 19.3 Å². The molecule has 0 aliphatic heterocycles. The van der Waals surface area contributed by atoms with Crippen LogP contribution in [0, 0.1) is 0 Å². The first-order valence-electron chi connectivity index (χ1n) is 6.33. The molecule has 0 saturated carbocycles. The third-order valence-corrected chi connectivity index (χ3v) is 4.45. The van der Waals surface area contributed by atoms with Gasteiger partial charge in [0.25, 0.3) is 5.91 Å². The summed E-state index contributed by atoms with van der Waals surface area (Å²) in [6.45, 7) is -0.0227. The Morgan fingerprint density at radius 3 is 2.64 bits per heavy atom. The summed E-state index contributed by atoms with van der Waals surface area (Å²) in [6, 6.07) is 8.35. The number of sulfonamides is 1. The van der Waals surface area contributed by atoms with Crippen molar-refractivity contribution >= 4 is 27.5 Å². The minimum Gasteiger partial charge on any atom is -0.355 e. The van der Waals surface area contributed by atoms with Crippen LogP contribution < -0.4 is 10.0 Å². The number of rotatable bonds is 6. The van der Waals surface area contributed by atoms with Crippen molar-refractivity contribution in [3.8, 4) is 11.3 Å². The van der Waals surface area contributed by atoms with Gasteiger partial charge in [0.1, 0.15) is 0 Å². The Hall–Kier alpha value is -1.90. The van der Waals surface area contributed by atoms with Crippen LogP contribution in [0.4, 0.5) is 0 Å². The first kappa shape index (κ1) is 16.5. The van der Waals surface area contributed by atoms with Crippen molar-refractivity contribution in [1.82, 2.24) is 15.2 Å². The summed E-state index contributed by atoms with van der Waals surface area (Å²) >= 11 is 5.80. The number of hydrogen-bond donors (Lipinski definition) is 2. The quantitative estimate of drug-likeness (QED) is 0.822. The van der Waals surface area contributed by atoms with Gasteiger partial charge in [0.05, 0.1) is 5.75 Å². The zero-order chi connectivity index (χ0) is 16.2. The molecule has 1 aromatic heterocycles. The van der Waals surface area contributed by atoms with E-state index in [1.54, 1.807) is 24.3 Å². The first-order chi connectivity index (χ1) is 10.4. The van der Waals surface area contributed by atoms with Crippen LogP contribution in [0.3, 0.4) is 0 Å². The largest absolute Gasteiger partial charge is 0.355 e. The molecule has 1 heterocycles. The summed E-state index contributed by atoms with van der Waals surface area (Å²) in [6.07, 6.45) is 0. The van der Waals surface area contributed by atoms with Crippen molar-refractivity contribution in [3.05, 3.63) is 41.0 Å². The van der Waals surface area contributed by atoms with Gasteiger partial charge in [-0.2, -0.15) is 0 Å². The monoisotopic (exact) mass is 343 g/mol. The minimum atomic E-state index is -3.36. The van der Waals surface area contributed by atoms with Gasteiger partial charge in [0.15, 0.2) is 11.5 Å². The van der Waals surface area contributed by atoms with Crippen LogP contribution in [0.2, 0.25) is 5.02 Å².